The molecule has 1 amide bonds. The van der Waals surface area contributed by atoms with Crippen LogP contribution in [-0.2, 0) is 11.2 Å². The van der Waals surface area contributed by atoms with Crippen LogP contribution in [-0.4, -0.2) is 34.1 Å². The number of aromatic carboxylic acids is 1. The molecule has 7 nitrogen and oxygen atoms in total. The second-order valence-corrected chi connectivity index (χ2v) is 4.54. The summed E-state index contributed by atoms with van der Waals surface area (Å²) in [6.45, 7) is 1.57. The molecule has 2 N–H and O–H groups in total. The number of nitrogens with zero attached hydrogens (tertiary/aromatic N) is 2. The molecule has 0 aliphatic heterocycles. The number of ether oxygens (including phenoxy) is 1. The molecule has 0 radical (unpaired) electrons. The Morgan fingerprint density at radius 2 is 1.95 bits per heavy atom. The number of carboxylic acid groups (broad SMARTS) is 1. The third-order valence-corrected chi connectivity index (χ3v) is 2.95. The number of nitrogens with one attached hydrogen (secondary N) is 1. The van der Waals surface area contributed by atoms with Crippen LogP contribution < -0.4 is 10.1 Å². The van der Waals surface area contributed by atoms with Crippen molar-refractivity contribution >= 4 is 17.6 Å². The Kier molecular flexibility index (Phi) is 4.67. The van der Waals surface area contributed by atoms with Gasteiger partial charge in [0, 0.05) is 11.9 Å². The summed E-state index contributed by atoms with van der Waals surface area (Å²) in [6.07, 6.45) is 1.17. The van der Waals surface area contributed by atoms with E-state index in [0.29, 0.717) is 17.1 Å². The zero-order valence-corrected chi connectivity index (χ0v) is 12.2. The molecule has 0 aliphatic rings. The van der Waals surface area contributed by atoms with E-state index >= 15 is 0 Å². The maximum Gasteiger partial charge on any atom is 0.339 e. The van der Waals surface area contributed by atoms with E-state index in [9.17, 15) is 9.59 Å². The minimum atomic E-state index is -1.09. The van der Waals surface area contributed by atoms with Crippen molar-refractivity contribution in [3.8, 4) is 5.75 Å². The van der Waals surface area contributed by atoms with Gasteiger partial charge in [-0.3, -0.25) is 4.79 Å². The molecule has 1 aromatic heterocycles. The summed E-state index contributed by atoms with van der Waals surface area (Å²) in [7, 11) is 1.56. The molecule has 0 aliphatic carbocycles. The highest BCUT2D eigenvalue weighted by Gasteiger charge is 2.12. The van der Waals surface area contributed by atoms with Crippen molar-refractivity contribution in [3.05, 3.63) is 47.5 Å². The van der Waals surface area contributed by atoms with Crippen molar-refractivity contribution in [1.82, 2.24) is 9.97 Å². The number of anilines is 1. The molecule has 0 saturated heterocycles. The minimum Gasteiger partial charge on any atom is -0.497 e. The first-order valence-electron chi connectivity index (χ1n) is 6.49. The maximum absolute atomic E-state index is 11.9. The fraction of sp³-hybridized carbons (Fsp3) is 0.200. The van der Waals surface area contributed by atoms with Gasteiger partial charge in [0.25, 0.3) is 0 Å². The van der Waals surface area contributed by atoms with Gasteiger partial charge in [-0.05, 0) is 31.2 Å². The summed E-state index contributed by atoms with van der Waals surface area (Å²) in [5, 5.41) is 11.6. The van der Waals surface area contributed by atoms with Gasteiger partial charge in [0.05, 0.1) is 24.8 Å². The van der Waals surface area contributed by atoms with Crippen LogP contribution in [0.3, 0.4) is 0 Å². The molecule has 0 saturated carbocycles. The standard InChI is InChI=1S/C15H15N3O4/c1-9-12(15(20)21)8-16-13(17-9)7-14(19)18-10-3-5-11(22-2)6-4-10/h3-6,8H,7H2,1-2H3,(H,18,19)(H,20,21). The van der Waals surface area contributed by atoms with Crippen LogP contribution in [0.1, 0.15) is 21.9 Å². The highest BCUT2D eigenvalue weighted by Crippen LogP contribution is 2.15. The fourth-order valence-electron chi connectivity index (χ4n) is 1.83. The highest BCUT2D eigenvalue weighted by atomic mass is 16.5. The van der Waals surface area contributed by atoms with Gasteiger partial charge in [0.2, 0.25) is 5.91 Å². The van der Waals surface area contributed by atoms with Crippen molar-refractivity contribution in [2.24, 2.45) is 0 Å². The first-order valence-corrected chi connectivity index (χ1v) is 6.49. The SMILES string of the molecule is COc1ccc(NC(=O)Cc2ncc(C(=O)O)c(C)n2)cc1. The Morgan fingerprint density at radius 3 is 2.50 bits per heavy atom. The summed E-state index contributed by atoms with van der Waals surface area (Å²) in [6, 6.07) is 6.91. The van der Waals surface area contributed by atoms with E-state index in [4.69, 9.17) is 9.84 Å². The molecule has 0 bridgehead atoms. The number of rotatable bonds is 5. The summed E-state index contributed by atoms with van der Waals surface area (Å²) < 4.78 is 5.03. The molecule has 7 heteroatoms. The minimum absolute atomic E-state index is 0.0271. The summed E-state index contributed by atoms with van der Waals surface area (Å²) in [5.74, 6) is -0.408. The number of methoxy groups -OCH3 is 1. The third-order valence-electron chi connectivity index (χ3n) is 2.95. The first-order chi connectivity index (χ1) is 10.5. The molecule has 0 unspecified atom stereocenters. The Morgan fingerprint density at radius 1 is 1.27 bits per heavy atom. The number of aromatic nitrogens is 2. The number of hydrogen-bond donors (Lipinski definition) is 2. The van der Waals surface area contributed by atoms with Crippen molar-refractivity contribution < 1.29 is 19.4 Å². The Bertz CT molecular complexity index is 698. The fourth-order valence-corrected chi connectivity index (χ4v) is 1.83. The van der Waals surface area contributed by atoms with Gasteiger partial charge in [0.15, 0.2) is 0 Å². The van der Waals surface area contributed by atoms with Crippen LogP contribution in [0.25, 0.3) is 0 Å². The molecule has 2 rings (SSSR count). The van der Waals surface area contributed by atoms with Gasteiger partial charge in [-0.15, -0.1) is 0 Å². The highest BCUT2D eigenvalue weighted by molar-refractivity contribution is 5.92. The third kappa shape index (κ3) is 3.78. The molecule has 22 heavy (non-hydrogen) atoms. The first kappa shape index (κ1) is 15.4. The topological polar surface area (TPSA) is 101 Å². The zero-order chi connectivity index (χ0) is 16.1. The molecule has 0 spiro atoms. The van der Waals surface area contributed by atoms with E-state index in [1.54, 1.807) is 38.3 Å². The van der Waals surface area contributed by atoms with Crippen LogP contribution in [0.2, 0.25) is 0 Å². The lowest BCUT2D eigenvalue weighted by molar-refractivity contribution is -0.115. The predicted molar refractivity (Wildman–Crippen MR) is 79.1 cm³/mol. The summed E-state index contributed by atoms with van der Waals surface area (Å²) in [5.41, 5.74) is 0.985. The van der Waals surface area contributed by atoms with E-state index in [0.717, 1.165) is 0 Å². The van der Waals surface area contributed by atoms with E-state index in [-0.39, 0.29) is 23.7 Å². The Hall–Kier alpha value is -2.96. The monoisotopic (exact) mass is 301 g/mol. The largest absolute Gasteiger partial charge is 0.497 e. The number of amides is 1. The van der Waals surface area contributed by atoms with Gasteiger partial charge >= 0.3 is 5.97 Å². The molecular formula is C15H15N3O4. The number of aryl methyl sites for hydroxylation is 1. The summed E-state index contributed by atoms with van der Waals surface area (Å²) >= 11 is 0. The quantitative estimate of drug-likeness (QED) is 0.871. The summed E-state index contributed by atoms with van der Waals surface area (Å²) in [4.78, 5) is 30.7. The normalized spacial score (nSPS) is 10.1. The van der Waals surface area contributed by atoms with Gasteiger partial charge in [0.1, 0.15) is 11.6 Å². The van der Waals surface area contributed by atoms with Gasteiger partial charge in [-0.2, -0.15) is 0 Å². The molecule has 114 valence electrons. The Balaban J connectivity index is 2.02. The Labute approximate surface area is 127 Å². The van der Waals surface area contributed by atoms with Crippen LogP contribution in [0, 0.1) is 6.92 Å². The lowest BCUT2D eigenvalue weighted by atomic mass is 10.2. The predicted octanol–water partition coefficient (Wildman–Crippen LogP) is 1.67. The van der Waals surface area contributed by atoms with E-state index in [1.807, 2.05) is 0 Å². The van der Waals surface area contributed by atoms with Crippen LogP contribution in [0.15, 0.2) is 30.5 Å². The molecule has 1 heterocycles. The second kappa shape index (κ2) is 6.66. The van der Waals surface area contributed by atoms with Crippen molar-refractivity contribution in [1.29, 1.82) is 0 Å². The van der Waals surface area contributed by atoms with E-state index < -0.39 is 5.97 Å². The molecular weight excluding hydrogens is 286 g/mol. The molecule has 1 aromatic carbocycles. The van der Waals surface area contributed by atoms with Crippen LogP contribution >= 0.6 is 0 Å². The van der Waals surface area contributed by atoms with Crippen molar-refractivity contribution in [2.45, 2.75) is 13.3 Å². The zero-order valence-electron chi connectivity index (χ0n) is 12.2. The van der Waals surface area contributed by atoms with Gasteiger partial charge in [-0.25, -0.2) is 14.8 Å². The average molecular weight is 301 g/mol. The van der Waals surface area contributed by atoms with E-state index in [2.05, 4.69) is 15.3 Å². The number of carbonyl (C=O) groups excluding carboxylic acids is 1. The smallest absolute Gasteiger partial charge is 0.339 e. The lowest BCUT2D eigenvalue weighted by Gasteiger charge is -2.07. The number of hydrogen-bond acceptors (Lipinski definition) is 5. The average Bonchev–Trinajstić information content (AvgIpc) is 2.47. The molecule has 0 atom stereocenters. The van der Waals surface area contributed by atoms with Crippen molar-refractivity contribution in [2.75, 3.05) is 12.4 Å². The maximum atomic E-state index is 11.9. The second-order valence-electron chi connectivity index (χ2n) is 4.54. The van der Waals surface area contributed by atoms with Crippen LogP contribution in [0.5, 0.6) is 5.75 Å². The van der Waals surface area contributed by atoms with Crippen LogP contribution in [0.4, 0.5) is 5.69 Å². The van der Waals surface area contributed by atoms with Crippen molar-refractivity contribution in [3.63, 3.8) is 0 Å². The molecule has 0 fully saturated rings. The number of benzene rings is 1. The van der Waals surface area contributed by atoms with Gasteiger partial charge < -0.3 is 15.2 Å². The number of carboxylic acids is 1. The van der Waals surface area contributed by atoms with E-state index in [1.165, 1.54) is 6.20 Å². The lowest BCUT2D eigenvalue weighted by Crippen LogP contribution is -2.17. The van der Waals surface area contributed by atoms with Gasteiger partial charge in [-0.1, -0.05) is 0 Å². The molecule has 2 aromatic rings. The number of carbonyl (C=O) groups is 2.